The molecule has 2 fully saturated rings. The third-order valence-corrected chi connectivity index (χ3v) is 5.98. The maximum atomic E-state index is 12.7. The predicted octanol–water partition coefficient (Wildman–Crippen LogP) is 1.98. The highest BCUT2D eigenvalue weighted by Gasteiger charge is 2.50. The van der Waals surface area contributed by atoms with E-state index < -0.39 is 0 Å². The fourth-order valence-electron chi connectivity index (χ4n) is 4.16. The van der Waals surface area contributed by atoms with E-state index in [0.717, 1.165) is 11.3 Å². The zero-order valence-corrected chi connectivity index (χ0v) is 18.7. The number of ether oxygens (including phenoxy) is 3. The van der Waals surface area contributed by atoms with E-state index in [2.05, 4.69) is 20.8 Å². The molecule has 33 heavy (non-hydrogen) atoms. The van der Waals surface area contributed by atoms with E-state index in [9.17, 15) is 4.79 Å². The number of aromatic nitrogens is 4. The molecule has 5 rings (SSSR count). The molecule has 2 aliphatic heterocycles. The van der Waals surface area contributed by atoms with Crippen molar-refractivity contribution in [2.45, 2.75) is 31.2 Å². The summed E-state index contributed by atoms with van der Waals surface area (Å²) in [5, 5.41) is 15.0. The molecule has 0 bridgehead atoms. The van der Waals surface area contributed by atoms with Crippen LogP contribution in [0.3, 0.4) is 0 Å². The summed E-state index contributed by atoms with van der Waals surface area (Å²) in [4.78, 5) is 14.6. The summed E-state index contributed by atoms with van der Waals surface area (Å²) in [6.45, 7) is 2.69. The van der Waals surface area contributed by atoms with Crippen LogP contribution in [-0.4, -0.2) is 71.7 Å². The van der Waals surface area contributed by atoms with E-state index in [1.165, 1.54) is 0 Å². The first kappa shape index (κ1) is 21.4. The molecule has 3 heterocycles. The van der Waals surface area contributed by atoms with Crippen molar-refractivity contribution in [3.05, 3.63) is 59.7 Å². The topological polar surface area (TPSA) is 104 Å². The molecule has 10 nitrogen and oxygen atoms in total. The second-order valence-electron chi connectivity index (χ2n) is 8.51. The molecule has 0 spiro atoms. The standard InChI is InChI=1S/C23H26N6O4/c1-14-7-9-15(10-8-14)22(30)24-18-12-31-21-19(13-32-20(18)21)29-23(25-26-27-29)33-17-6-4-5-16(11-17)28(2)3/h4-11,18-21H,12-13H2,1-3H3,(H,24,30)/t18-,19-,20+,21+/m0/s1. The van der Waals surface area contributed by atoms with Gasteiger partial charge in [-0.2, -0.15) is 4.68 Å². The molecule has 1 aromatic heterocycles. The molecule has 4 atom stereocenters. The Balaban J connectivity index is 1.28. The first-order valence-electron chi connectivity index (χ1n) is 10.8. The Kier molecular flexibility index (Phi) is 5.69. The summed E-state index contributed by atoms with van der Waals surface area (Å²) in [5.41, 5.74) is 2.71. The molecule has 0 radical (unpaired) electrons. The van der Waals surface area contributed by atoms with E-state index >= 15 is 0 Å². The molecule has 0 aliphatic carbocycles. The second-order valence-corrected chi connectivity index (χ2v) is 8.51. The Morgan fingerprint density at radius 2 is 1.91 bits per heavy atom. The Labute approximate surface area is 191 Å². The van der Waals surface area contributed by atoms with Crippen LogP contribution in [0.25, 0.3) is 0 Å². The summed E-state index contributed by atoms with van der Waals surface area (Å²) in [6, 6.07) is 14.9. The van der Waals surface area contributed by atoms with Gasteiger partial charge < -0.3 is 24.4 Å². The molecule has 0 saturated carbocycles. The zero-order chi connectivity index (χ0) is 22.9. The monoisotopic (exact) mass is 450 g/mol. The minimum absolute atomic E-state index is 0.150. The molecule has 2 aromatic carbocycles. The first-order valence-corrected chi connectivity index (χ1v) is 10.8. The van der Waals surface area contributed by atoms with Crippen molar-refractivity contribution in [3.8, 4) is 11.8 Å². The maximum absolute atomic E-state index is 12.7. The molecule has 2 aliphatic rings. The number of fused-ring (bicyclic) bond motifs is 1. The fourth-order valence-corrected chi connectivity index (χ4v) is 4.16. The number of nitrogens with zero attached hydrogens (tertiary/aromatic N) is 5. The normalized spacial score (nSPS) is 23.8. The van der Waals surface area contributed by atoms with Gasteiger partial charge in [0.1, 0.15) is 24.0 Å². The highest BCUT2D eigenvalue weighted by molar-refractivity contribution is 5.94. The summed E-state index contributed by atoms with van der Waals surface area (Å²) in [5.74, 6) is 0.479. The number of carbonyl (C=O) groups excluding carboxylic acids is 1. The van der Waals surface area contributed by atoms with E-state index in [1.807, 2.05) is 74.4 Å². The van der Waals surface area contributed by atoms with E-state index in [0.29, 0.717) is 24.5 Å². The second kappa shape index (κ2) is 8.80. The van der Waals surface area contributed by atoms with Crippen molar-refractivity contribution in [1.29, 1.82) is 0 Å². The molecule has 0 unspecified atom stereocenters. The molecular weight excluding hydrogens is 424 g/mol. The average Bonchev–Trinajstić information content (AvgIpc) is 3.52. The van der Waals surface area contributed by atoms with Gasteiger partial charge in [0, 0.05) is 31.4 Å². The Bertz CT molecular complexity index is 1130. The number of aryl methyl sites for hydroxylation is 1. The van der Waals surface area contributed by atoms with Gasteiger partial charge in [-0.15, -0.1) is 0 Å². The summed E-state index contributed by atoms with van der Waals surface area (Å²) >= 11 is 0. The number of nitrogens with one attached hydrogen (secondary N) is 1. The molecule has 172 valence electrons. The summed E-state index contributed by atoms with van der Waals surface area (Å²) in [7, 11) is 3.93. The molecule has 2 saturated heterocycles. The molecule has 1 N–H and O–H groups in total. The van der Waals surface area contributed by atoms with Gasteiger partial charge in [-0.25, -0.2) is 0 Å². The van der Waals surface area contributed by atoms with Gasteiger partial charge in [0.25, 0.3) is 5.91 Å². The van der Waals surface area contributed by atoms with Gasteiger partial charge in [-0.1, -0.05) is 28.9 Å². The van der Waals surface area contributed by atoms with Crippen molar-refractivity contribution >= 4 is 11.6 Å². The van der Waals surface area contributed by atoms with Crippen molar-refractivity contribution in [2.24, 2.45) is 0 Å². The minimum Gasteiger partial charge on any atom is -0.423 e. The van der Waals surface area contributed by atoms with Gasteiger partial charge in [-0.3, -0.25) is 4.79 Å². The lowest BCUT2D eigenvalue weighted by atomic mass is 10.1. The smallest absolute Gasteiger partial charge is 0.341 e. The highest BCUT2D eigenvalue weighted by atomic mass is 16.6. The van der Waals surface area contributed by atoms with Crippen LogP contribution in [-0.2, 0) is 9.47 Å². The Hall–Kier alpha value is -3.50. The highest BCUT2D eigenvalue weighted by Crippen LogP contribution is 2.36. The van der Waals surface area contributed by atoms with E-state index in [4.69, 9.17) is 14.2 Å². The lowest BCUT2D eigenvalue weighted by Crippen LogP contribution is -2.44. The van der Waals surface area contributed by atoms with Crippen LogP contribution in [0.5, 0.6) is 11.8 Å². The largest absolute Gasteiger partial charge is 0.423 e. The van der Waals surface area contributed by atoms with Crippen LogP contribution in [0, 0.1) is 6.92 Å². The third-order valence-electron chi connectivity index (χ3n) is 5.98. The first-order chi connectivity index (χ1) is 16.0. The van der Waals surface area contributed by atoms with Crippen LogP contribution in [0.4, 0.5) is 5.69 Å². The van der Waals surface area contributed by atoms with Gasteiger partial charge in [0.05, 0.1) is 19.3 Å². The number of anilines is 1. The van der Waals surface area contributed by atoms with Crippen LogP contribution >= 0.6 is 0 Å². The van der Waals surface area contributed by atoms with Gasteiger partial charge in [-0.05, 0) is 41.6 Å². The quantitative estimate of drug-likeness (QED) is 0.608. The van der Waals surface area contributed by atoms with Crippen molar-refractivity contribution in [1.82, 2.24) is 25.5 Å². The van der Waals surface area contributed by atoms with Crippen molar-refractivity contribution in [3.63, 3.8) is 0 Å². The molecule has 1 amide bonds. The van der Waals surface area contributed by atoms with Crippen molar-refractivity contribution in [2.75, 3.05) is 32.2 Å². The van der Waals surface area contributed by atoms with Crippen LogP contribution in [0.2, 0.25) is 0 Å². The van der Waals surface area contributed by atoms with E-state index in [1.54, 1.807) is 4.68 Å². The number of benzene rings is 2. The number of amides is 1. The molecular formula is C23H26N6O4. The third kappa shape index (κ3) is 4.27. The van der Waals surface area contributed by atoms with Crippen LogP contribution in [0.15, 0.2) is 48.5 Å². The van der Waals surface area contributed by atoms with Crippen LogP contribution in [0.1, 0.15) is 22.0 Å². The number of hydrogen-bond donors (Lipinski definition) is 1. The van der Waals surface area contributed by atoms with Gasteiger partial charge in [0.2, 0.25) is 0 Å². The molecule has 3 aromatic rings. The SMILES string of the molecule is Cc1ccc(C(=O)N[C@H]2CO[C@H]3[C@@H]2OC[C@@H]3n2nnnc2Oc2cccc(N(C)C)c2)cc1. The fraction of sp³-hybridized carbons (Fsp3) is 0.391. The summed E-state index contributed by atoms with van der Waals surface area (Å²) < 4.78 is 19.6. The molecule has 10 heteroatoms. The Morgan fingerprint density at radius 3 is 2.70 bits per heavy atom. The van der Waals surface area contributed by atoms with Gasteiger partial charge in [0.15, 0.2) is 0 Å². The Morgan fingerprint density at radius 1 is 1.12 bits per heavy atom. The minimum atomic E-state index is -0.299. The number of hydrogen-bond acceptors (Lipinski definition) is 8. The van der Waals surface area contributed by atoms with Crippen molar-refractivity contribution < 1.29 is 19.0 Å². The van der Waals surface area contributed by atoms with Gasteiger partial charge >= 0.3 is 6.01 Å². The van der Waals surface area contributed by atoms with E-state index in [-0.39, 0.29) is 36.2 Å². The zero-order valence-electron chi connectivity index (χ0n) is 18.7. The lowest BCUT2D eigenvalue weighted by molar-refractivity contribution is 0.0606. The lowest BCUT2D eigenvalue weighted by Gasteiger charge is -2.18. The predicted molar refractivity (Wildman–Crippen MR) is 120 cm³/mol. The average molecular weight is 450 g/mol. The van der Waals surface area contributed by atoms with Crippen LogP contribution < -0.4 is 15.0 Å². The summed E-state index contributed by atoms with van der Waals surface area (Å²) in [6.07, 6.45) is -0.592. The number of rotatable bonds is 6. The maximum Gasteiger partial charge on any atom is 0.341 e. The number of carbonyl (C=O) groups is 1. The number of tetrazole rings is 1.